The first kappa shape index (κ1) is 36.2. The maximum atomic E-state index is 7.02. The van der Waals surface area contributed by atoms with Crippen molar-refractivity contribution in [2.75, 3.05) is 0 Å². The molecule has 0 amide bonds. The van der Waals surface area contributed by atoms with Gasteiger partial charge in [-0.15, -0.1) is 0 Å². The van der Waals surface area contributed by atoms with Gasteiger partial charge in [-0.05, 0) is 90.6 Å². The minimum absolute atomic E-state index is 0.0517. The van der Waals surface area contributed by atoms with Crippen molar-refractivity contribution in [1.29, 1.82) is 0 Å². The molecule has 0 bridgehead atoms. The van der Waals surface area contributed by atoms with Crippen molar-refractivity contribution in [2.24, 2.45) is 5.92 Å². The van der Waals surface area contributed by atoms with Gasteiger partial charge in [0.1, 0.15) is 0 Å². The highest BCUT2D eigenvalue weighted by atomic mass is 28.3. The average molecular weight is 766 g/mol. The number of pyridine rings is 3. The Hall–Kier alpha value is -5.13. The van der Waals surface area contributed by atoms with E-state index in [0.717, 1.165) is 57.8 Å². The second-order valence-electron chi connectivity index (χ2n) is 18.6. The summed E-state index contributed by atoms with van der Waals surface area (Å²) in [7, 11) is -1.71. The highest BCUT2D eigenvalue weighted by Gasteiger charge is 2.48. The summed E-state index contributed by atoms with van der Waals surface area (Å²) in [4.78, 5) is 5.13. The highest BCUT2D eigenvalue weighted by Crippen LogP contribution is 2.47. The van der Waals surface area contributed by atoms with Crippen LogP contribution >= 0.6 is 0 Å². The zero-order valence-electron chi connectivity index (χ0n) is 34.5. The van der Waals surface area contributed by atoms with Crippen LogP contribution in [0.2, 0.25) is 19.6 Å². The molecule has 1 saturated carbocycles. The molecule has 10 rings (SSSR count). The SMILES string of the molecule is C=C1C2C(CCc3cc(C)c4c(oc5nc(-c6ccccc6)ccc54)c3-c3cc(C(C)C)cc[n+]31)c1ccccc1-c1cc(CC3CCCC3)c([Si](C)(C)C)c[n+]12. The molecule has 0 saturated heterocycles. The molecule has 4 nitrogen and oxygen atoms in total. The number of aromatic nitrogens is 3. The molecule has 1 fully saturated rings. The average Bonchev–Trinajstić information content (AvgIpc) is 3.87. The third-order valence-corrected chi connectivity index (χ3v) is 15.6. The summed E-state index contributed by atoms with van der Waals surface area (Å²) in [5.74, 6) is 1.41. The number of fused-ring (bicyclic) bond motifs is 13. The van der Waals surface area contributed by atoms with Crippen molar-refractivity contribution < 1.29 is 13.6 Å². The number of benzene rings is 3. The molecule has 1 aliphatic carbocycles. The van der Waals surface area contributed by atoms with Crippen LogP contribution in [0.3, 0.4) is 0 Å². The Bertz CT molecular complexity index is 2730. The van der Waals surface area contributed by atoms with Gasteiger partial charge in [0.2, 0.25) is 28.8 Å². The molecular weight excluding hydrogens is 711 g/mol. The molecular formula is C52H55N3OSi+2. The molecule has 0 radical (unpaired) electrons. The van der Waals surface area contributed by atoms with Gasteiger partial charge in [-0.1, -0.05) is 114 Å². The van der Waals surface area contributed by atoms with Crippen molar-refractivity contribution in [2.45, 2.75) is 103 Å². The van der Waals surface area contributed by atoms with Crippen LogP contribution in [0, 0.1) is 12.8 Å². The van der Waals surface area contributed by atoms with E-state index in [1.807, 2.05) is 6.07 Å². The first-order valence-electron chi connectivity index (χ1n) is 21.4. The van der Waals surface area contributed by atoms with Gasteiger partial charge in [0, 0.05) is 45.3 Å². The second kappa shape index (κ2) is 13.8. The van der Waals surface area contributed by atoms with Gasteiger partial charge in [-0.3, -0.25) is 0 Å². The van der Waals surface area contributed by atoms with Crippen LogP contribution in [-0.2, 0) is 12.8 Å². The topological polar surface area (TPSA) is 33.8 Å². The summed E-state index contributed by atoms with van der Waals surface area (Å²) in [6, 6.07) is 33.9. The van der Waals surface area contributed by atoms with Gasteiger partial charge < -0.3 is 4.42 Å². The summed E-state index contributed by atoms with van der Waals surface area (Å²) >= 11 is 0. The number of hydrogen-bond donors (Lipinski definition) is 0. The third-order valence-electron chi connectivity index (χ3n) is 13.5. The summed E-state index contributed by atoms with van der Waals surface area (Å²) in [5, 5.41) is 3.82. The van der Waals surface area contributed by atoms with E-state index in [0.29, 0.717) is 11.6 Å². The minimum Gasteiger partial charge on any atom is -0.437 e. The summed E-state index contributed by atoms with van der Waals surface area (Å²) < 4.78 is 12.1. The van der Waals surface area contributed by atoms with E-state index in [-0.39, 0.29) is 12.0 Å². The van der Waals surface area contributed by atoms with Crippen LogP contribution in [0.25, 0.3) is 61.5 Å². The number of rotatable bonds is 5. The molecule has 57 heavy (non-hydrogen) atoms. The summed E-state index contributed by atoms with van der Waals surface area (Å²) in [6.45, 7) is 19.5. The Kier molecular flexibility index (Phi) is 8.75. The molecule has 2 unspecified atom stereocenters. The van der Waals surface area contributed by atoms with Gasteiger partial charge in [0.25, 0.3) is 0 Å². The lowest BCUT2D eigenvalue weighted by Crippen LogP contribution is -2.57. The fourth-order valence-corrected chi connectivity index (χ4v) is 12.3. The van der Waals surface area contributed by atoms with Crippen molar-refractivity contribution >= 4 is 41.0 Å². The minimum atomic E-state index is -1.71. The molecule has 2 aliphatic heterocycles. The molecule has 5 heteroatoms. The first-order valence-corrected chi connectivity index (χ1v) is 24.9. The summed E-state index contributed by atoms with van der Waals surface area (Å²) in [6.07, 6.45) is 13.5. The van der Waals surface area contributed by atoms with E-state index in [1.165, 1.54) is 71.2 Å². The largest absolute Gasteiger partial charge is 0.437 e. The van der Waals surface area contributed by atoms with E-state index in [1.54, 1.807) is 10.8 Å². The van der Waals surface area contributed by atoms with Crippen LogP contribution < -0.4 is 14.3 Å². The van der Waals surface area contributed by atoms with Crippen molar-refractivity contribution in [3.8, 4) is 33.8 Å². The van der Waals surface area contributed by atoms with Gasteiger partial charge in [-0.25, -0.2) is 4.98 Å². The zero-order valence-corrected chi connectivity index (χ0v) is 35.5. The maximum Gasteiger partial charge on any atom is 0.249 e. The van der Waals surface area contributed by atoms with Crippen molar-refractivity contribution in [1.82, 2.24) is 4.98 Å². The number of furan rings is 1. The van der Waals surface area contributed by atoms with Gasteiger partial charge in [0.05, 0.1) is 25.2 Å². The lowest BCUT2D eigenvalue weighted by Gasteiger charge is -2.31. The standard InChI is InChI=1S/C52H55N3OSi/c1-32(2)37-25-26-54-34(4)50-42(40-19-13-14-20-41(40)45-30-39(28-35-15-11-12-16-35)47(31-55(45)50)57(5,6)7)22-21-38-27-33(3)48-43-23-24-44(36-17-9-8-10-18-36)53-52(43)56-51(48)49(38)46(54)29-37/h8-10,13-14,17-20,23-27,29-32,35,42,50H,4,11-12,15-16,21-22,28H2,1-3,5-7H3/q+2. The number of hydrogen-bond acceptors (Lipinski definition) is 2. The summed E-state index contributed by atoms with van der Waals surface area (Å²) in [5.41, 5.74) is 16.7. The van der Waals surface area contributed by atoms with Crippen LogP contribution in [0.5, 0.6) is 0 Å². The number of aryl methyl sites for hydroxylation is 2. The molecule has 0 N–H and O–H groups in total. The van der Waals surface area contributed by atoms with E-state index in [4.69, 9.17) is 16.0 Å². The van der Waals surface area contributed by atoms with Crippen LogP contribution in [0.1, 0.15) is 91.6 Å². The Morgan fingerprint density at radius 2 is 1.65 bits per heavy atom. The molecule has 6 heterocycles. The van der Waals surface area contributed by atoms with E-state index < -0.39 is 8.07 Å². The van der Waals surface area contributed by atoms with Crippen molar-refractivity contribution in [3.05, 3.63) is 138 Å². The predicted molar refractivity (Wildman–Crippen MR) is 238 cm³/mol. The molecule has 0 spiro atoms. The Balaban J connectivity index is 1.22. The first-order chi connectivity index (χ1) is 27.5. The van der Waals surface area contributed by atoms with Crippen molar-refractivity contribution in [3.63, 3.8) is 0 Å². The van der Waals surface area contributed by atoms with Crippen LogP contribution in [0.15, 0.2) is 114 Å². The van der Waals surface area contributed by atoms with Crippen LogP contribution in [-0.4, -0.2) is 13.1 Å². The van der Waals surface area contributed by atoms with Gasteiger partial charge >= 0.3 is 0 Å². The van der Waals surface area contributed by atoms with Gasteiger partial charge in [-0.2, -0.15) is 9.13 Å². The second-order valence-corrected chi connectivity index (χ2v) is 23.6. The Morgan fingerprint density at radius 1 is 0.877 bits per heavy atom. The Labute approximate surface area is 339 Å². The molecule has 3 aliphatic rings. The lowest BCUT2D eigenvalue weighted by atomic mass is 9.78. The quantitative estimate of drug-likeness (QED) is 0.129. The fourth-order valence-electron chi connectivity index (χ4n) is 10.7. The lowest BCUT2D eigenvalue weighted by molar-refractivity contribution is -0.726. The highest BCUT2D eigenvalue weighted by molar-refractivity contribution is 6.89. The van der Waals surface area contributed by atoms with Crippen LogP contribution in [0.4, 0.5) is 0 Å². The zero-order chi connectivity index (χ0) is 39.2. The monoisotopic (exact) mass is 765 g/mol. The molecule has 2 atom stereocenters. The van der Waals surface area contributed by atoms with E-state index >= 15 is 0 Å². The normalized spacial score (nSPS) is 18.1. The molecule has 286 valence electrons. The number of nitrogens with zero attached hydrogens (tertiary/aromatic N) is 3. The molecule has 7 aromatic rings. The Morgan fingerprint density at radius 3 is 2.42 bits per heavy atom. The smallest absolute Gasteiger partial charge is 0.249 e. The molecule has 3 aromatic carbocycles. The third kappa shape index (κ3) is 6.04. The number of allylic oxidation sites excluding steroid dienone is 1. The molecule has 4 aromatic heterocycles. The van der Waals surface area contributed by atoms with Gasteiger partial charge in [0.15, 0.2) is 18.0 Å². The maximum absolute atomic E-state index is 7.02. The predicted octanol–water partition coefficient (Wildman–Crippen LogP) is 12.0. The van der Waals surface area contributed by atoms with E-state index in [2.05, 4.69) is 147 Å². The fraction of sp³-hybridized carbons (Fsp3) is 0.327. The van der Waals surface area contributed by atoms with E-state index in [9.17, 15) is 0 Å².